The van der Waals surface area contributed by atoms with Crippen LogP contribution in [0.1, 0.15) is 42.2 Å². The fourth-order valence-electron chi connectivity index (χ4n) is 3.96. The number of amides is 3. The summed E-state index contributed by atoms with van der Waals surface area (Å²) in [7, 11) is 0. The zero-order valence-corrected chi connectivity index (χ0v) is 20.9. The minimum Gasteiger partial charge on any atom is -0.506 e. The van der Waals surface area contributed by atoms with Gasteiger partial charge in [-0.2, -0.15) is 0 Å². The molecule has 3 amide bonds. The number of primary amides is 1. The highest BCUT2D eigenvalue weighted by Crippen LogP contribution is 2.27. The van der Waals surface area contributed by atoms with Crippen molar-refractivity contribution in [3.63, 3.8) is 0 Å². The number of benzene rings is 3. The van der Waals surface area contributed by atoms with Gasteiger partial charge in [0.05, 0.1) is 18.2 Å². The molecule has 0 heterocycles. The fraction of sp³-hybridized carbons (Fsp3) is 0.286. The van der Waals surface area contributed by atoms with Crippen molar-refractivity contribution < 1.29 is 24.2 Å². The largest absolute Gasteiger partial charge is 0.506 e. The number of phenols is 1. The summed E-state index contributed by atoms with van der Waals surface area (Å²) in [5, 5.41) is 29.0. The van der Waals surface area contributed by atoms with Gasteiger partial charge in [-0.15, -0.1) is 0 Å². The Bertz CT molecular complexity index is 1230. The predicted molar refractivity (Wildman–Crippen MR) is 140 cm³/mol. The highest BCUT2D eigenvalue weighted by atomic mass is 19.1. The first-order chi connectivity index (χ1) is 17.5. The molecule has 0 aliphatic rings. The van der Waals surface area contributed by atoms with Crippen LogP contribution in [0, 0.1) is 5.82 Å². The van der Waals surface area contributed by atoms with Gasteiger partial charge in [0.15, 0.2) is 0 Å². The van der Waals surface area contributed by atoms with Crippen LogP contribution in [0.4, 0.5) is 14.9 Å². The number of carbonyl (C=O) groups excluding carboxylic acids is 2. The standard InChI is InChI=1S/C28H33FN4O4/c1-28(2,32-17-25(35)21-8-11-24(34)23(14-21)33-27(30)37)15-20-5-3-4-19(12-20)13-26(36)31-16-18-6-9-22(29)10-7-18/h3-12,14,25,32,34-35H,13,15-17H2,1-2H3,(H,31,36)(H3,30,33,37)/t25-/m0/s1. The van der Waals surface area contributed by atoms with Crippen LogP contribution < -0.4 is 21.7 Å². The highest BCUT2D eigenvalue weighted by molar-refractivity contribution is 5.89. The molecule has 0 aromatic heterocycles. The lowest BCUT2D eigenvalue weighted by atomic mass is 9.93. The fourth-order valence-corrected chi connectivity index (χ4v) is 3.96. The van der Waals surface area contributed by atoms with E-state index in [1.54, 1.807) is 18.2 Å². The Hall–Kier alpha value is -3.95. The summed E-state index contributed by atoms with van der Waals surface area (Å²) in [6.45, 7) is 4.59. The Morgan fingerprint density at radius 3 is 2.41 bits per heavy atom. The van der Waals surface area contributed by atoms with E-state index in [0.717, 1.165) is 16.7 Å². The van der Waals surface area contributed by atoms with Crippen LogP contribution in [0.5, 0.6) is 5.75 Å². The number of halogens is 1. The van der Waals surface area contributed by atoms with Crippen LogP contribution >= 0.6 is 0 Å². The molecule has 0 unspecified atom stereocenters. The van der Waals surface area contributed by atoms with E-state index in [9.17, 15) is 24.2 Å². The zero-order chi connectivity index (χ0) is 27.0. The SMILES string of the molecule is CC(C)(Cc1cccc(CC(=O)NCc2ccc(F)cc2)c1)NC[C@H](O)c1ccc(O)c(NC(N)=O)c1. The van der Waals surface area contributed by atoms with E-state index in [1.807, 2.05) is 38.1 Å². The van der Waals surface area contributed by atoms with Crippen molar-refractivity contribution in [3.8, 4) is 5.75 Å². The maximum Gasteiger partial charge on any atom is 0.316 e. The summed E-state index contributed by atoms with van der Waals surface area (Å²) in [6.07, 6.45) is -0.0108. The van der Waals surface area contributed by atoms with Crippen molar-refractivity contribution in [1.82, 2.24) is 10.6 Å². The lowest BCUT2D eigenvalue weighted by Gasteiger charge is -2.28. The third kappa shape index (κ3) is 8.89. The first-order valence-electron chi connectivity index (χ1n) is 11.9. The van der Waals surface area contributed by atoms with Gasteiger partial charge in [-0.25, -0.2) is 9.18 Å². The number of β-amino-alcohol motifs (C(OH)–C–C–N with tert-alkyl or cyclic N) is 1. The number of aliphatic hydroxyl groups excluding tert-OH is 1. The topological polar surface area (TPSA) is 137 Å². The summed E-state index contributed by atoms with van der Waals surface area (Å²) in [5.74, 6) is -0.584. The second kappa shape index (κ2) is 12.3. The summed E-state index contributed by atoms with van der Waals surface area (Å²) in [5.41, 5.74) is 8.12. The van der Waals surface area contributed by atoms with E-state index in [1.165, 1.54) is 24.3 Å². The number of urea groups is 1. The molecule has 0 saturated carbocycles. The number of nitrogens with one attached hydrogen (secondary N) is 3. The second-order valence-electron chi connectivity index (χ2n) is 9.62. The van der Waals surface area contributed by atoms with Crippen LogP contribution in [0.25, 0.3) is 0 Å². The van der Waals surface area contributed by atoms with Gasteiger partial charge in [0.1, 0.15) is 11.6 Å². The first kappa shape index (κ1) is 27.6. The minimum atomic E-state index is -0.885. The molecule has 0 bridgehead atoms. The van der Waals surface area contributed by atoms with Gasteiger partial charge in [0, 0.05) is 18.6 Å². The Morgan fingerprint density at radius 1 is 1.00 bits per heavy atom. The third-order valence-corrected chi connectivity index (χ3v) is 5.84. The number of hydrogen-bond donors (Lipinski definition) is 6. The normalized spacial score (nSPS) is 12.1. The van der Waals surface area contributed by atoms with Crippen LogP contribution in [0.15, 0.2) is 66.7 Å². The first-order valence-corrected chi connectivity index (χ1v) is 11.9. The summed E-state index contributed by atoms with van der Waals surface area (Å²) in [6, 6.07) is 17.4. The number of rotatable bonds is 11. The molecule has 0 spiro atoms. The quantitative estimate of drug-likeness (QED) is 0.220. The third-order valence-electron chi connectivity index (χ3n) is 5.84. The van der Waals surface area contributed by atoms with Crippen LogP contribution in [0.3, 0.4) is 0 Å². The summed E-state index contributed by atoms with van der Waals surface area (Å²) in [4.78, 5) is 23.5. The Labute approximate surface area is 215 Å². The van der Waals surface area contributed by atoms with Gasteiger partial charge in [-0.1, -0.05) is 42.5 Å². The molecule has 0 aliphatic heterocycles. The Morgan fingerprint density at radius 2 is 1.70 bits per heavy atom. The molecule has 0 saturated heterocycles. The molecule has 0 aliphatic carbocycles. The molecule has 3 aromatic carbocycles. The number of aliphatic hydroxyl groups is 1. The molecule has 0 fully saturated rings. The molecule has 8 nitrogen and oxygen atoms in total. The molecule has 0 radical (unpaired) electrons. The lowest BCUT2D eigenvalue weighted by Crippen LogP contribution is -2.43. The van der Waals surface area contributed by atoms with Gasteiger partial charge in [0.25, 0.3) is 0 Å². The zero-order valence-electron chi connectivity index (χ0n) is 20.9. The van der Waals surface area contributed by atoms with Crippen molar-refractivity contribution in [3.05, 3.63) is 94.8 Å². The molecule has 3 rings (SSSR count). The van der Waals surface area contributed by atoms with Crippen LogP contribution in [0.2, 0.25) is 0 Å². The monoisotopic (exact) mass is 508 g/mol. The number of aromatic hydroxyl groups is 1. The Kier molecular flexibility index (Phi) is 9.21. The average Bonchev–Trinajstić information content (AvgIpc) is 2.83. The van der Waals surface area contributed by atoms with Gasteiger partial charge in [0.2, 0.25) is 5.91 Å². The number of nitrogens with two attached hydrogens (primary N) is 1. The Balaban J connectivity index is 1.53. The predicted octanol–water partition coefficient (Wildman–Crippen LogP) is 3.53. The minimum absolute atomic E-state index is 0.124. The smallest absolute Gasteiger partial charge is 0.316 e. The number of hydrogen-bond acceptors (Lipinski definition) is 5. The van der Waals surface area contributed by atoms with Crippen molar-refractivity contribution in [1.29, 1.82) is 0 Å². The number of carbonyl (C=O) groups is 2. The van der Waals surface area contributed by atoms with Gasteiger partial charge in [-0.05, 0) is 66.8 Å². The molecular weight excluding hydrogens is 475 g/mol. The molecule has 3 aromatic rings. The van der Waals surface area contributed by atoms with E-state index in [2.05, 4.69) is 16.0 Å². The lowest BCUT2D eigenvalue weighted by molar-refractivity contribution is -0.120. The molecule has 9 heteroatoms. The van der Waals surface area contributed by atoms with Crippen molar-refractivity contribution in [2.24, 2.45) is 5.73 Å². The average molecular weight is 509 g/mol. The van der Waals surface area contributed by atoms with E-state index < -0.39 is 12.1 Å². The van der Waals surface area contributed by atoms with Gasteiger partial charge < -0.3 is 31.9 Å². The van der Waals surface area contributed by atoms with Gasteiger partial charge in [-0.3, -0.25) is 4.79 Å². The van der Waals surface area contributed by atoms with Crippen molar-refractivity contribution in [2.45, 2.75) is 44.9 Å². The van der Waals surface area contributed by atoms with E-state index >= 15 is 0 Å². The van der Waals surface area contributed by atoms with E-state index in [4.69, 9.17) is 5.73 Å². The van der Waals surface area contributed by atoms with Crippen molar-refractivity contribution >= 4 is 17.6 Å². The van der Waals surface area contributed by atoms with Gasteiger partial charge >= 0.3 is 6.03 Å². The molecular formula is C28H33FN4O4. The van der Waals surface area contributed by atoms with Crippen molar-refractivity contribution in [2.75, 3.05) is 11.9 Å². The maximum atomic E-state index is 13.0. The summed E-state index contributed by atoms with van der Waals surface area (Å²) < 4.78 is 13.0. The van der Waals surface area contributed by atoms with Crippen LogP contribution in [-0.2, 0) is 24.2 Å². The number of phenolic OH excluding ortho intramolecular Hbond substituents is 1. The summed E-state index contributed by atoms with van der Waals surface area (Å²) >= 11 is 0. The molecule has 37 heavy (non-hydrogen) atoms. The van der Waals surface area contributed by atoms with Crippen LogP contribution in [-0.4, -0.2) is 34.2 Å². The number of anilines is 1. The molecule has 196 valence electrons. The maximum absolute atomic E-state index is 13.0. The second-order valence-corrected chi connectivity index (χ2v) is 9.62. The van der Waals surface area contributed by atoms with E-state index in [-0.39, 0.29) is 41.7 Å². The van der Waals surface area contributed by atoms with E-state index in [0.29, 0.717) is 18.5 Å². The highest BCUT2D eigenvalue weighted by Gasteiger charge is 2.21. The molecule has 7 N–H and O–H groups in total. The molecule has 1 atom stereocenters.